The average Bonchev–Trinajstić information content (AvgIpc) is 2.36. The van der Waals surface area contributed by atoms with E-state index in [2.05, 4.69) is 5.32 Å². The standard InChI is InChI=1S/C9H14NO.W/c11-8-3-1-4-9(8)5-2-6-10-7-9;/h1-7H2;/q-1;. The van der Waals surface area contributed by atoms with Crippen LogP contribution in [0.25, 0.3) is 5.32 Å². The second-order valence-electron chi connectivity index (χ2n) is 3.77. The number of nitrogens with zero attached hydrogens (tertiary/aromatic N) is 1. The van der Waals surface area contributed by atoms with Crippen molar-refractivity contribution < 1.29 is 25.9 Å². The van der Waals surface area contributed by atoms with Crippen molar-refractivity contribution in [2.45, 2.75) is 32.1 Å². The molecule has 1 saturated carbocycles. The van der Waals surface area contributed by atoms with Crippen LogP contribution in [0.15, 0.2) is 0 Å². The van der Waals surface area contributed by atoms with Gasteiger partial charge in [-0.1, -0.05) is 6.42 Å². The molecule has 1 aliphatic carbocycles. The monoisotopic (exact) mass is 336 g/mol. The minimum atomic E-state index is 0. The summed E-state index contributed by atoms with van der Waals surface area (Å²) in [6, 6.07) is 0. The third-order valence-electron chi connectivity index (χ3n) is 3.04. The third-order valence-corrected chi connectivity index (χ3v) is 3.04. The van der Waals surface area contributed by atoms with Crippen LogP contribution in [0.5, 0.6) is 0 Å². The second kappa shape index (κ2) is 4.02. The first-order chi connectivity index (χ1) is 5.33. The van der Waals surface area contributed by atoms with Crippen LogP contribution in [0.4, 0.5) is 0 Å². The summed E-state index contributed by atoms with van der Waals surface area (Å²) in [5, 5.41) is 4.34. The molecule has 1 unspecified atom stereocenters. The molecule has 1 saturated heterocycles. The zero-order chi connectivity index (χ0) is 7.73. The van der Waals surface area contributed by atoms with Crippen molar-refractivity contribution in [3.05, 3.63) is 5.32 Å². The van der Waals surface area contributed by atoms with Crippen LogP contribution in [0, 0.1) is 5.41 Å². The minimum Gasteiger partial charge on any atom is -0.661 e. The summed E-state index contributed by atoms with van der Waals surface area (Å²) < 4.78 is 0. The summed E-state index contributed by atoms with van der Waals surface area (Å²) in [5.41, 5.74) is 0.0260. The van der Waals surface area contributed by atoms with Crippen molar-refractivity contribution in [3.63, 3.8) is 0 Å². The molecular formula is C9H14NOW-. The fourth-order valence-corrected chi connectivity index (χ4v) is 2.32. The Morgan fingerprint density at radius 1 is 1.25 bits per heavy atom. The van der Waals surface area contributed by atoms with Crippen LogP contribution in [-0.4, -0.2) is 18.9 Å². The smallest absolute Gasteiger partial charge is 0.137 e. The van der Waals surface area contributed by atoms with Crippen molar-refractivity contribution >= 4 is 5.78 Å². The van der Waals surface area contributed by atoms with Crippen molar-refractivity contribution in [3.8, 4) is 0 Å². The Morgan fingerprint density at radius 3 is 2.50 bits per heavy atom. The number of carbonyl (C=O) groups excluding carboxylic acids is 1. The molecule has 2 rings (SSSR count). The number of hydrogen-bond acceptors (Lipinski definition) is 1. The molecule has 2 fully saturated rings. The fraction of sp³-hybridized carbons (Fsp3) is 0.889. The summed E-state index contributed by atoms with van der Waals surface area (Å²) in [6.07, 6.45) is 5.26. The molecule has 1 heterocycles. The first kappa shape index (κ1) is 10.4. The molecule has 0 aromatic rings. The minimum absolute atomic E-state index is 0. The first-order valence-corrected chi connectivity index (χ1v) is 4.50. The molecular weight excluding hydrogens is 322 g/mol. The molecule has 68 valence electrons. The summed E-state index contributed by atoms with van der Waals surface area (Å²) in [7, 11) is 0. The Balaban J connectivity index is 0.000000720. The number of piperidine rings is 1. The van der Waals surface area contributed by atoms with Crippen molar-refractivity contribution in [2.75, 3.05) is 13.1 Å². The summed E-state index contributed by atoms with van der Waals surface area (Å²) in [6.45, 7) is 1.81. The predicted octanol–water partition coefficient (Wildman–Crippen LogP) is 1.89. The molecule has 0 amide bonds. The Hall–Kier alpha value is 0.318. The van der Waals surface area contributed by atoms with Crippen LogP contribution in [0.1, 0.15) is 32.1 Å². The maximum absolute atomic E-state index is 11.5. The van der Waals surface area contributed by atoms with E-state index in [0.29, 0.717) is 5.78 Å². The van der Waals surface area contributed by atoms with Gasteiger partial charge in [-0.25, -0.2) is 0 Å². The number of rotatable bonds is 0. The van der Waals surface area contributed by atoms with Gasteiger partial charge in [0, 0.05) is 32.9 Å². The number of Topliss-reactive ketones (excluding diaryl/α,β-unsaturated/α-hetero) is 1. The molecule has 1 aliphatic heterocycles. The van der Waals surface area contributed by atoms with Gasteiger partial charge in [-0.2, -0.15) is 0 Å². The molecule has 3 heteroatoms. The van der Waals surface area contributed by atoms with Gasteiger partial charge in [0.15, 0.2) is 0 Å². The maximum Gasteiger partial charge on any atom is 0.137 e. The van der Waals surface area contributed by atoms with Gasteiger partial charge in [-0.3, -0.25) is 4.79 Å². The van der Waals surface area contributed by atoms with Crippen LogP contribution < -0.4 is 0 Å². The van der Waals surface area contributed by atoms with Gasteiger partial charge in [0.1, 0.15) is 5.78 Å². The SMILES string of the molecule is O=C1CCCC12CCC[N-]C2.[W]. The topological polar surface area (TPSA) is 31.2 Å². The van der Waals surface area contributed by atoms with E-state index in [1.807, 2.05) is 0 Å². The summed E-state index contributed by atoms with van der Waals surface area (Å²) >= 11 is 0. The van der Waals surface area contributed by atoms with E-state index in [9.17, 15) is 4.79 Å². The Morgan fingerprint density at radius 2 is 2.00 bits per heavy atom. The van der Waals surface area contributed by atoms with Gasteiger partial charge in [-0.05, 0) is 19.3 Å². The van der Waals surface area contributed by atoms with Crippen LogP contribution in [-0.2, 0) is 25.9 Å². The van der Waals surface area contributed by atoms with Gasteiger partial charge < -0.3 is 5.32 Å². The summed E-state index contributed by atoms with van der Waals surface area (Å²) in [5.74, 6) is 0.487. The van der Waals surface area contributed by atoms with Gasteiger partial charge in [-0.15, -0.1) is 13.1 Å². The molecule has 0 aromatic heterocycles. The molecule has 1 atom stereocenters. The van der Waals surface area contributed by atoms with Crippen molar-refractivity contribution in [1.29, 1.82) is 0 Å². The van der Waals surface area contributed by atoms with E-state index in [1.54, 1.807) is 0 Å². The molecule has 2 nitrogen and oxygen atoms in total. The van der Waals surface area contributed by atoms with E-state index in [-0.39, 0.29) is 26.5 Å². The quantitative estimate of drug-likeness (QED) is 0.665. The van der Waals surface area contributed by atoms with E-state index < -0.39 is 0 Å². The largest absolute Gasteiger partial charge is 0.661 e. The third kappa shape index (κ3) is 1.65. The average molecular weight is 336 g/mol. The van der Waals surface area contributed by atoms with Gasteiger partial charge >= 0.3 is 0 Å². The zero-order valence-corrected chi connectivity index (χ0v) is 10.1. The number of ketones is 1. The molecule has 1 spiro atoms. The van der Waals surface area contributed by atoms with Crippen LogP contribution in [0.3, 0.4) is 0 Å². The summed E-state index contributed by atoms with van der Waals surface area (Å²) in [4.78, 5) is 11.5. The van der Waals surface area contributed by atoms with Crippen LogP contribution >= 0.6 is 0 Å². The van der Waals surface area contributed by atoms with E-state index >= 15 is 0 Å². The van der Waals surface area contributed by atoms with Gasteiger partial charge in [0.25, 0.3) is 0 Å². The molecule has 2 aliphatic rings. The van der Waals surface area contributed by atoms with Gasteiger partial charge in [0.2, 0.25) is 0 Å². The molecule has 0 N–H and O–H groups in total. The Labute approximate surface area is 87.7 Å². The number of carbonyl (C=O) groups is 1. The fourth-order valence-electron chi connectivity index (χ4n) is 2.32. The molecule has 0 aromatic carbocycles. The van der Waals surface area contributed by atoms with E-state index in [1.165, 1.54) is 0 Å². The maximum atomic E-state index is 11.5. The molecule has 0 radical (unpaired) electrons. The van der Waals surface area contributed by atoms with E-state index in [4.69, 9.17) is 0 Å². The zero-order valence-electron chi connectivity index (χ0n) is 7.21. The van der Waals surface area contributed by atoms with Crippen LogP contribution in [0.2, 0.25) is 0 Å². The predicted molar refractivity (Wildman–Crippen MR) is 43.6 cm³/mol. The second-order valence-corrected chi connectivity index (χ2v) is 3.77. The normalized spacial score (nSPS) is 35.2. The molecule has 12 heavy (non-hydrogen) atoms. The molecule has 0 bridgehead atoms. The first-order valence-electron chi connectivity index (χ1n) is 4.50. The van der Waals surface area contributed by atoms with Crippen molar-refractivity contribution in [2.24, 2.45) is 5.41 Å². The number of hydrogen-bond donors (Lipinski definition) is 0. The Bertz CT molecular complexity index is 175. The van der Waals surface area contributed by atoms with E-state index in [0.717, 1.165) is 45.2 Å². The Kier molecular flexibility index (Phi) is 3.48. The van der Waals surface area contributed by atoms with Gasteiger partial charge in [0.05, 0.1) is 0 Å². The van der Waals surface area contributed by atoms with Crippen molar-refractivity contribution in [1.82, 2.24) is 0 Å².